The average Bonchev–Trinajstić information content (AvgIpc) is 2.89. The summed E-state index contributed by atoms with van der Waals surface area (Å²) in [6.07, 6.45) is -4.77. The number of rotatable bonds is 7. The fourth-order valence-electron chi connectivity index (χ4n) is 2.18. The van der Waals surface area contributed by atoms with E-state index in [1.165, 1.54) is 29.5 Å². The monoisotopic (exact) mass is 373 g/mol. The molecule has 2 aromatic rings. The van der Waals surface area contributed by atoms with Crippen LogP contribution in [-0.2, 0) is 17.9 Å². The lowest BCUT2D eigenvalue weighted by atomic mass is 10.2. The second-order valence-corrected chi connectivity index (χ2v) is 6.52. The molecule has 0 aliphatic carbocycles. The molecule has 0 unspecified atom stereocenters. The molecule has 1 aromatic heterocycles. The number of carbonyl (C=O) groups is 1. The Bertz CT molecular complexity index is 719. The minimum atomic E-state index is -4.77. The van der Waals surface area contributed by atoms with Gasteiger partial charge in [0, 0.05) is 24.0 Å². The number of aryl methyl sites for hydroxylation is 1. The first kappa shape index (κ1) is 19.2. The Morgan fingerprint density at radius 1 is 1.36 bits per heavy atom. The maximum absolute atomic E-state index is 12.4. The third-order valence-electron chi connectivity index (χ3n) is 3.19. The van der Waals surface area contributed by atoms with Gasteiger partial charge in [-0.2, -0.15) is 0 Å². The highest BCUT2D eigenvalue weighted by Gasteiger charge is 2.31. The smallest absolute Gasteiger partial charge is 0.405 e. The second-order valence-electron chi connectivity index (χ2n) is 5.46. The van der Waals surface area contributed by atoms with Crippen LogP contribution < -0.4 is 10.1 Å². The Balaban J connectivity index is 1.85. The van der Waals surface area contributed by atoms with Crippen molar-refractivity contribution in [3.8, 4) is 5.75 Å². The van der Waals surface area contributed by atoms with Gasteiger partial charge in [0.1, 0.15) is 5.75 Å². The summed E-state index contributed by atoms with van der Waals surface area (Å²) in [4.78, 5) is 18.1. The molecule has 0 radical (unpaired) electrons. The van der Waals surface area contributed by atoms with Crippen molar-refractivity contribution in [3.05, 3.63) is 45.9 Å². The first-order chi connectivity index (χ1) is 11.7. The van der Waals surface area contributed by atoms with Gasteiger partial charge in [-0.3, -0.25) is 9.69 Å². The van der Waals surface area contributed by atoms with E-state index >= 15 is 0 Å². The number of hydrogen-bond acceptors (Lipinski definition) is 5. The molecule has 0 atom stereocenters. The summed E-state index contributed by atoms with van der Waals surface area (Å²) in [5.41, 5.74) is 1.13. The quantitative estimate of drug-likeness (QED) is 0.810. The van der Waals surface area contributed by atoms with Crippen LogP contribution in [0.2, 0.25) is 0 Å². The fourth-order valence-corrected chi connectivity index (χ4v) is 2.79. The van der Waals surface area contributed by atoms with Gasteiger partial charge in [0.25, 0.3) is 0 Å². The number of thiazole rings is 1. The topological polar surface area (TPSA) is 54.5 Å². The highest BCUT2D eigenvalue weighted by molar-refractivity contribution is 7.09. The van der Waals surface area contributed by atoms with Crippen LogP contribution in [0.3, 0.4) is 0 Å². The lowest BCUT2D eigenvalue weighted by Crippen LogP contribution is -2.34. The Hall–Kier alpha value is -2.13. The number of halogens is 3. The van der Waals surface area contributed by atoms with Crippen molar-refractivity contribution in [3.63, 3.8) is 0 Å². The summed E-state index contributed by atoms with van der Waals surface area (Å²) in [6, 6.07) is 5.71. The summed E-state index contributed by atoms with van der Waals surface area (Å²) in [6.45, 7) is 2.49. The molecule has 9 heteroatoms. The zero-order valence-corrected chi connectivity index (χ0v) is 14.6. The predicted molar refractivity (Wildman–Crippen MR) is 88.2 cm³/mol. The van der Waals surface area contributed by atoms with Gasteiger partial charge in [-0.05, 0) is 20.0 Å². The van der Waals surface area contributed by atoms with Crippen molar-refractivity contribution in [1.29, 1.82) is 0 Å². The molecule has 0 spiro atoms. The Labute approximate surface area is 147 Å². The molecular weight excluding hydrogens is 355 g/mol. The standard InChI is InChI=1S/C16H18F3N3O2S/c1-11-21-13(10-25-11)8-22(2)9-15(23)20-7-12-5-3-4-6-14(12)24-16(17,18)19/h3-6,10H,7-9H2,1-2H3,(H,20,23). The molecule has 1 aromatic carbocycles. The molecule has 0 saturated carbocycles. The van der Waals surface area contributed by atoms with Crippen LogP contribution in [0.4, 0.5) is 13.2 Å². The Kier molecular flexibility index (Phi) is 6.38. The predicted octanol–water partition coefficient (Wildman–Crippen LogP) is 3.10. The van der Waals surface area contributed by atoms with Crippen molar-refractivity contribution < 1.29 is 22.7 Å². The van der Waals surface area contributed by atoms with E-state index in [1.54, 1.807) is 18.0 Å². The van der Waals surface area contributed by atoms with Crippen molar-refractivity contribution in [1.82, 2.24) is 15.2 Å². The number of likely N-dealkylation sites (N-methyl/N-ethyl adjacent to an activating group) is 1. The maximum Gasteiger partial charge on any atom is 0.573 e. The first-order valence-corrected chi connectivity index (χ1v) is 8.31. The van der Waals surface area contributed by atoms with Crippen molar-refractivity contribution in [2.75, 3.05) is 13.6 Å². The minimum absolute atomic E-state index is 0.0469. The van der Waals surface area contributed by atoms with Gasteiger partial charge in [-0.25, -0.2) is 4.98 Å². The molecule has 1 N–H and O–H groups in total. The molecule has 0 saturated heterocycles. The highest BCUT2D eigenvalue weighted by Crippen LogP contribution is 2.26. The lowest BCUT2D eigenvalue weighted by molar-refractivity contribution is -0.274. The fraction of sp³-hybridized carbons (Fsp3) is 0.375. The minimum Gasteiger partial charge on any atom is -0.405 e. The van der Waals surface area contributed by atoms with E-state index in [9.17, 15) is 18.0 Å². The van der Waals surface area contributed by atoms with Gasteiger partial charge in [-0.1, -0.05) is 18.2 Å². The summed E-state index contributed by atoms with van der Waals surface area (Å²) >= 11 is 1.53. The van der Waals surface area contributed by atoms with Crippen molar-refractivity contribution in [2.24, 2.45) is 0 Å². The molecule has 1 amide bonds. The first-order valence-electron chi connectivity index (χ1n) is 7.43. The normalized spacial score (nSPS) is 11.6. The molecule has 0 bridgehead atoms. The largest absolute Gasteiger partial charge is 0.573 e. The maximum atomic E-state index is 12.4. The number of benzene rings is 1. The second kappa shape index (κ2) is 8.30. The molecule has 0 aliphatic heterocycles. The number of para-hydroxylation sites is 1. The number of ether oxygens (including phenoxy) is 1. The Morgan fingerprint density at radius 2 is 2.08 bits per heavy atom. The summed E-state index contributed by atoms with van der Waals surface area (Å²) in [7, 11) is 1.77. The number of nitrogens with zero attached hydrogens (tertiary/aromatic N) is 2. The van der Waals surface area contributed by atoms with Crippen LogP contribution in [0.5, 0.6) is 5.75 Å². The molecule has 0 fully saturated rings. The number of alkyl halides is 3. The van der Waals surface area contributed by atoms with E-state index in [-0.39, 0.29) is 30.3 Å². The molecule has 25 heavy (non-hydrogen) atoms. The van der Waals surface area contributed by atoms with Crippen LogP contribution >= 0.6 is 11.3 Å². The van der Waals surface area contributed by atoms with Crippen LogP contribution in [0.15, 0.2) is 29.6 Å². The van der Waals surface area contributed by atoms with Crippen LogP contribution in [0, 0.1) is 6.92 Å². The third kappa shape index (κ3) is 6.71. The number of aromatic nitrogens is 1. The third-order valence-corrected chi connectivity index (χ3v) is 4.01. The van der Waals surface area contributed by atoms with E-state index in [1.807, 2.05) is 12.3 Å². The number of amides is 1. The van der Waals surface area contributed by atoms with Crippen LogP contribution in [0.1, 0.15) is 16.3 Å². The molecule has 2 rings (SSSR count). The van der Waals surface area contributed by atoms with E-state index in [4.69, 9.17) is 0 Å². The molecule has 5 nitrogen and oxygen atoms in total. The number of nitrogens with one attached hydrogen (secondary N) is 1. The van der Waals surface area contributed by atoms with Crippen LogP contribution in [0.25, 0.3) is 0 Å². The Morgan fingerprint density at radius 3 is 2.72 bits per heavy atom. The molecule has 0 aliphatic rings. The van der Waals surface area contributed by atoms with Crippen molar-refractivity contribution in [2.45, 2.75) is 26.4 Å². The van der Waals surface area contributed by atoms with Gasteiger partial charge < -0.3 is 10.1 Å². The van der Waals surface area contributed by atoms with E-state index < -0.39 is 6.36 Å². The van der Waals surface area contributed by atoms with Gasteiger partial charge in [0.05, 0.1) is 17.2 Å². The summed E-state index contributed by atoms with van der Waals surface area (Å²) in [5.74, 6) is -0.613. The van der Waals surface area contributed by atoms with Gasteiger partial charge in [0.15, 0.2) is 0 Å². The van der Waals surface area contributed by atoms with E-state index in [2.05, 4.69) is 15.0 Å². The van der Waals surface area contributed by atoms with Crippen LogP contribution in [-0.4, -0.2) is 35.7 Å². The summed E-state index contributed by atoms with van der Waals surface area (Å²) < 4.78 is 41.1. The van der Waals surface area contributed by atoms with Crippen molar-refractivity contribution >= 4 is 17.2 Å². The van der Waals surface area contributed by atoms with Gasteiger partial charge in [0.2, 0.25) is 5.91 Å². The zero-order chi connectivity index (χ0) is 18.4. The highest BCUT2D eigenvalue weighted by atomic mass is 32.1. The number of hydrogen-bond donors (Lipinski definition) is 1. The molecule has 136 valence electrons. The molecular formula is C16H18F3N3O2S. The average molecular weight is 373 g/mol. The summed E-state index contributed by atoms with van der Waals surface area (Å²) in [5, 5.41) is 5.48. The van der Waals surface area contributed by atoms with E-state index in [0.29, 0.717) is 6.54 Å². The lowest BCUT2D eigenvalue weighted by Gasteiger charge is -2.16. The molecule has 1 heterocycles. The number of carbonyl (C=O) groups excluding carboxylic acids is 1. The zero-order valence-electron chi connectivity index (χ0n) is 13.8. The van der Waals surface area contributed by atoms with Gasteiger partial charge in [-0.15, -0.1) is 24.5 Å². The van der Waals surface area contributed by atoms with E-state index in [0.717, 1.165) is 10.7 Å². The van der Waals surface area contributed by atoms with Gasteiger partial charge >= 0.3 is 6.36 Å². The SMILES string of the molecule is Cc1nc(CN(C)CC(=O)NCc2ccccc2OC(F)(F)F)cs1.